The van der Waals surface area contributed by atoms with Crippen molar-refractivity contribution in [2.45, 2.75) is 23.5 Å². The number of nitrogens with two attached hydrogens (primary N) is 3. The number of fused-ring (bicyclic) bond motifs is 1. The molecule has 1 aromatic heterocycles. The van der Waals surface area contributed by atoms with Crippen LogP contribution in [0.3, 0.4) is 0 Å². The molecule has 1 aliphatic rings. The van der Waals surface area contributed by atoms with E-state index in [1.54, 1.807) is 0 Å². The van der Waals surface area contributed by atoms with Crippen LogP contribution < -0.4 is 17.2 Å². The van der Waals surface area contributed by atoms with Crippen molar-refractivity contribution in [3.63, 3.8) is 0 Å². The van der Waals surface area contributed by atoms with Gasteiger partial charge in [-0.3, -0.25) is 19.1 Å². The molecule has 2 aromatic carbocycles. The number of halogens is 3. The number of nitrogens with zero attached hydrogens (tertiary/aromatic N) is 2. The summed E-state index contributed by atoms with van der Waals surface area (Å²) in [5.41, 5.74) is 6.17. The molecular weight excluding hydrogens is 572 g/mol. The van der Waals surface area contributed by atoms with E-state index in [2.05, 4.69) is 0 Å². The summed E-state index contributed by atoms with van der Waals surface area (Å²) < 4.78 is 34.2. The van der Waals surface area contributed by atoms with E-state index in [0.717, 1.165) is 12.1 Å². The summed E-state index contributed by atoms with van der Waals surface area (Å²) in [6.45, 7) is -2.19. The van der Waals surface area contributed by atoms with Crippen LogP contribution in [0.25, 0.3) is 10.9 Å². The van der Waals surface area contributed by atoms with Gasteiger partial charge in [-0.15, -0.1) is 0 Å². The highest BCUT2D eigenvalue weighted by Crippen LogP contribution is 2.58. The molecule has 1 aliphatic heterocycles. The molecule has 0 bridgehead atoms. The first kappa shape index (κ1) is 29.2. The molecule has 0 saturated carbocycles. The van der Waals surface area contributed by atoms with Crippen LogP contribution in [-0.2, 0) is 10.5 Å². The Kier molecular flexibility index (Phi) is 7.14. The van der Waals surface area contributed by atoms with E-state index in [1.807, 2.05) is 0 Å². The van der Waals surface area contributed by atoms with E-state index >= 15 is 8.78 Å². The first-order valence-corrected chi connectivity index (χ1v) is 12.1. The zero-order valence-electron chi connectivity index (χ0n) is 20.8. The summed E-state index contributed by atoms with van der Waals surface area (Å²) in [6.07, 6.45) is -2.91. The molecule has 3 atom stereocenters. The Bertz CT molecular complexity index is 1660. The molecule has 216 valence electrons. The van der Waals surface area contributed by atoms with Crippen LogP contribution in [-0.4, -0.2) is 73.4 Å². The van der Waals surface area contributed by atoms with Crippen LogP contribution in [0, 0.1) is 5.82 Å². The second-order valence-corrected chi connectivity index (χ2v) is 9.64. The van der Waals surface area contributed by atoms with Gasteiger partial charge in [0.05, 0.1) is 22.7 Å². The van der Waals surface area contributed by atoms with Crippen LogP contribution in [0.4, 0.5) is 18.4 Å². The van der Waals surface area contributed by atoms with Gasteiger partial charge in [0.2, 0.25) is 5.91 Å². The number of carboxylic acid groups (broad SMARTS) is 2. The second kappa shape index (κ2) is 10.0. The number of primary amides is 3. The minimum Gasteiger partial charge on any atom is -0.479 e. The summed E-state index contributed by atoms with van der Waals surface area (Å²) in [5.74, 6) is -8.48. The fourth-order valence-corrected chi connectivity index (χ4v) is 6.15. The minimum atomic E-state index is -3.46. The maximum absolute atomic E-state index is 18.0. The van der Waals surface area contributed by atoms with Crippen molar-refractivity contribution >= 4 is 52.4 Å². The monoisotopic (exact) mass is 593 g/mol. The number of likely N-dealkylation sites (tertiary alicyclic amines) is 1. The van der Waals surface area contributed by atoms with Gasteiger partial charge in [0.25, 0.3) is 5.91 Å². The van der Waals surface area contributed by atoms with E-state index in [4.69, 9.17) is 28.8 Å². The summed E-state index contributed by atoms with van der Waals surface area (Å²) in [6, 6.07) is 5.67. The molecule has 0 radical (unpaired) electrons. The highest BCUT2D eigenvalue weighted by molar-refractivity contribution is 6.34. The molecule has 16 heteroatoms. The molecule has 0 spiro atoms. The quantitative estimate of drug-likeness (QED) is 0.235. The average Bonchev–Trinajstić information content (AvgIpc) is 3.41. The highest BCUT2D eigenvalue weighted by atomic mass is 35.5. The van der Waals surface area contributed by atoms with Crippen molar-refractivity contribution in [3.05, 3.63) is 69.6 Å². The van der Waals surface area contributed by atoms with E-state index in [9.17, 15) is 39.3 Å². The predicted molar refractivity (Wildman–Crippen MR) is 138 cm³/mol. The molecule has 3 aromatic rings. The Hall–Kier alpha value is -4.76. The fraction of sp³-hybridized carbons (Fsp3) is 0.240. The number of amides is 4. The first-order valence-electron chi connectivity index (χ1n) is 11.7. The molecule has 4 rings (SSSR count). The van der Waals surface area contributed by atoms with Crippen LogP contribution in [0.5, 0.6) is 0 Å². The largest absolute Gasteiger partial charge is 0.479 e. The molecule has 0 aliphatic carbocycles. The number of aliphatic hydroxyl groups excluding tert-OH is 1. The molecule has 13 nitrogen and oxygen atoms in total. The molecule has 4 amide bonds. The number of benzene rings is 2. The zero-order valence-corrected chi connectivity index (χ0v) is 21.6. The molecule has 0 unspecified atom stereocenters. The lowest BCUT2D eigenvalue weighted by molar-refractivity contribution is -0.161. The summed E-state index contributed by atoms with van der Waals surface area (Å²) >= 11 is 5.95. The van der Waals surface area contributed by atoms with Crippen LogP contribution in [0.15, 0.2) is 36.4 Å². The Labute approximate surface area is 233 Å². The number of aromatic nitrogens is 1. The number of hydrogen-bond donors (Lipinski definition) is 6. The number of carboxylic acids is 1. The van der Waals surface area contributed by atoms with Gasteiger partial charge in [0, 0.05) is 29.8 Å². The molecule has 2 heterocycles. The van der Waals surface area contributed by atoms with Gasteiger partial charge in [-0.05, 0) is 17.7 Å². The Morgan fingerprint density at radius 3 is 2.17 bits per heavy atom. The maximum atomic E-state index is 18.0. The summed E-state index contributed by atoms with van der Waals surface area (Å²) in [4.78, 5) is 62.6. The topological polar surface area (TPSA) is 232 Å². The van der Waals surface area contributed by atoms with Gasteiger partial charge in [0.1, 0.15) is 11.5 Å². The fourth-order valence-electron chi connectivity index (χ4n) is 5.89. The average molecular weight is 594 g/mol. The van der Waals surface area contributed by atoms with Crippen molar-refractivity contribution in [3.8, 4) is 0 Å². The summed E-state index contributed by atoms with van der Waals surface area (Å²) in [7, 11) is 0. The van der Waals surface area contributed by atoms with Gasteiger partial charge in [-0.25, -0.2) is 23.2 Å². The molecule has 1 saturated heterocycles. The third kappa shape index (κ3) is 3.88. The van der Waals surface area contributed by atoms with E-state index in [1.165, 1.54) is 24.3 Å². The zero-order chi connectivity index (χ0) is 30.6. The first-order chi connectivity index (χ1) is 19.2. The third-order valence-corrected chi connectivity index (χ3v) is 7.80. The smallest absolute Gasteiger partial charge is 0.408 e. The van der Waals surface area contributed by atoms with E-state index in [-0.39, 0.29) is 15.8 Å². The van der Waals surface area contributed by atoms with Gasteiger partial charge in [0.15, 0.2) is 11.2 Å². The summed E-state index contributed by atoms with van der Waals surface area (Å²) in [5, 5.41) is 30.1. The highest BCUT2D eigenvalue weighted by Gasteiger charge is 2.73. The molecule has 1 fully saturated rings. The maximum Gasteiger partial charge on any atom is 0.408 e. The van der Waals surface area contributed by atoms with Crippen molar-refractivity contribution in [1.82, 2.24) is 9.47 Å². The predicted octanol–water partition coefficient (Wildman–Crippen LogP) is 1.71. The molecule has 9 N–H and O–H groups in total. The van der Waals surface area contributed by atoms with E-state index < -0.39 is 99.8 Å². The Morgan fingerprint density at radius 2 is 1.66 bits per heavy atom. The number of rotatable bonds is 7. The van der Waals surface area contributed by atoms with Crippen LogP contribution in [0.2, 0.25) is 5.02 Å². The number of carbonyl (C=O) groups is 5. The minimum absolute atomic E-state index is 0.158. The molecular formula is C25H22ClF2N5O8. The number of aliphatic carboxylic acids is 1. The normalized spacial score (nSPS) is 21.1. The third-order valence-electron chi connectivity index (χ3n) is 7.43. The van der Waals surface area contributed by atoms with Crippen molar-refractivity contribution < 1.29 is 48.1 Å². The molecule has 41 heavy (non-hydrogen) atoms. The van der Waals surface area contributed by atoms with E-state index in [0.29, 0.717) is 4.57 Å². The lowest BCUT2D eigenvalue weighted by Gasteiger charge is -2.45. The van der Waals surface area contributed by atoms with Crippen molar-refractivity contribution in [2.75, 3.05) is 13.2 Å². The lowest BCUT2D eigenvalue weighted by Crippen LogP contribution is -2.65. The number of hydrogen-bond acceptors (Lipinski definition) is 6. The number of aliphatic hydroxyl groups is 1. The number of alkyl halides is 1. The second-order valence-electron chi connectivity index (χ2n) is 9.27. The Morgan fingerprint density at radius 1 is 1.02 bits per heavy atom. The van der Waals surface area contributed by atoms with Gasteiger partial charge >= 0.3 is 18.1 Å². The van der Waals surface area contributed by atoms with Gasteiger partial charge < -0.3 is 32.5 Å². The van der Waals surface area contributed by atoms with Crippen LogP contribution in [0.1, 0.15) is 44.3 Å². The van der Waals surface area contributed by atoms with Gasteiger partial charge in [-0.2, -0.15) is 0 Å². The standard InChI is InChI=1S/C25H22ClF2N5O8/c26-16-12(19(29)35)6-5-10(17(16)27)13(9-34)25(21(37)38)24(28,7-8-32(25)23(40)41)15-11-3-1-2-4-14(11)33(22(31)39)18(15)20(30)36/h1-6,13,34H,7-9H2,(H2,29,35)(H2,30,36)(H2,31,39)(H,37,38)(H,40,41)/t13-,24-,25+/m0/s1. The lowest BCUT2D eigenvalue weighted by atomic mass is 9.66. The SMILES string of the molecule is NC(=O)c1ccc([C@H](CO)[C@]2(C(=O)O)N(C(=O)O)CC[C@]2(F)c2c(C(N)=O)n(C(N)=O)c3ccccc23)c(F)c1Cl. The van der Waals surface area contributed by atoms with Crippen molar-refractivity contribution in [2.24, 2.45) is 17.2 Å². The van der Waals surface area contributed by atoms with Gasteiger partial charge in [-0.1, -0.05) is 35.9 Å². The Balaban J connectivity index is 2.20. The van der Waals surface area contributed by atoms with Crippen molar-refractivity contribution in [1.29, 1.82) is 0 Å². The van der Waals surface area contributed by atoms with Crippen LogP contribution >= 0.6 is 11.6 Å². The number of carbonyl (C=O) groups excluding carboxylic acids is 3. The number of para-hydroxylation sites is 1.